The zero-order chi connectivity index (χ0) is 14.7. The molecule has 1 atom stereocenters. The maximum absolute atomic E-state index is 13.7. The van der Waals surface area contributed by atoms with E-state index < -0.39 is 6.04 Å². The number of hydrogen-bond donors (Lipinski definition) is 1. The Labute approximate surface area is 125 Å². The molecule has 0 aliphatic carbocycles. The molecule has 2 aromatic rings. The molecular formula is C14H17BrFN3O. The Morgan fingerprint density at radius 1 is 1.50 bits per heavy atom. The fourth-order valence-electron chi connectivity index (χ4n) is 2.15. The molecule has 0 amide bonds. The number of halogens is 2. The first-order valence-electron chi connectivity index (χ1n) is 6.39. The van der Waals surface area contributed by atoms with Crippen molar-refractivity contribution in [3.05, 3.63) is 45.9 Å². The predicted molar refractivity (Wildman–Crippen MR) is 79.2 cm³/mol. The van der Waals surface area contributed by atoms with Crippen molar-refractivity contribution in [3.8, 4) is 5.75 Å². The van der Waals surface area contributed by atoms with E-state index in [-0.39, 0.29) is 5.82 Å². The quantitative estimate of drug-likeness (QED) is 0.908. The number of hydrogen-bond acceptors (Lipinski definition) is 3. The average molecular weight is 342 g/mol. The summed E-state index contributed by atoms with van der Waals surface area (Å²) in [6.45, 7) is 2.79. The topological polar surface area (TPSA) is 53.1 Å². The van der Waals surface area contributed by atoms with Gasteiger partial charge in [0.05, 0.1) is 23.8 Å². The van der Waals surface area contributed by atoms with Gasteiger partial charge in [0.25, 0.3) is 0 Å². The molecule has 0 saturated carbocycles. The average Bonchev–Trinajstić information content (AvgIpc) is 2.84. The first-order valence-corrected chi connectivity index (χ1v) is 7.18. The maximum Gasteiger partial charge on any atom is 0.161 e. The molecule has 0 bridgehead atoms. The number of aryl methyl sites for hydroxylation is 1. The van der Waals surface area contributed by atoms with Gasteiger partial charge >= 0.3 is 0 Å². The highest BCUT2D eigenvalue weighted by atomic mass is 79.9. The summed E-state index contributed by atoms with van der Waals surface area (Å²) in [5.74, 6) is 0.278. The van der Waals surface area contributed by atoms with Crippen LogP contribution in [-0.2, 0) is 6.54 Å². The highest BCUT2D eigenvalue weighted by Gasteiger charge is 2.22. The van der Waals surface area contributed by atoms with E-state index in [4.69, 9.17) is 10.5 Å². The Morgan fingerprint density at radius 2 is 2.25 bits per heavy atom. The standard InChI is InChI=1S/C14H17BrFN3O/c1-3-7-19-14(11(20-2)8-18-19)13(17)9-5-4-6-10(16)12(9)15/h4-6,8,13H,3,7,17H2,1-2H3. The maximum atomic E-state index is 13.7. The summed E-state index contributed by atoms with van der Waals surface area (Å²) in [6.07, 6.45) is 2.56. The number of aromatic nitrogens is 2. The van der Waals surface area contributed by atoms with Crippen molar-refractivity contribution in [2.75, 3.05) is 7.11 Å². The van der Waals surface area contributed by atoms with Crippen LogP contribution in [-0.4, -0.2) is 16.9 Å². The smallest absolute Gasteiger partial charge is 0.161 e. The van der Waals surface area contributed by atoms with Crippen LogP contribution in [0.15, 0.2) is 28.9 Å². The summed E-state index contributed by atoms with van der Waals surface area (Å²) in [5, 5.41) is 4.28. The lowest BCUT2D eigenvalue weighted by atomic mass is 10.0. The van der Waals surface area contributed by atoms with Crippen molar-refractivity contribution in [2.24, 2.45) is 5.73 Å². The van der Waals surface area contributed by atoms with E-state index in [1.165, 1.54) is 6.07 Å². The first kappa shape index (κ1) is 15.0. The predicted octanol–water partition coefficient (Wildman–Crippen LogP) is 3.25. The van der Waals surface area contributed by atoms with Gasteiger partial charge in [0, 0.05) is 6.54 Å². The second kappa shape index (κ2) is 6.37. The van der Waals surface area contributed by atoms with Crippen LogP contribution in [0.1, 0.15) is 30.6 Å². The third-order valence-corrected chi connectivity index (χ3v) is 3.95. The lowest BCUT2D eigenvalue weighted by molar-refractivity contribution is 0.403. The molecule has 6 heteroatoms. The SMILES string of the molecule is CCCn1ncc(OC)c1C(N)c1cccc(F)c1Br. The molecule has 0 aliphatic rings. The molecular weight excluding hydrogens is 325 g/mol. The molecule has 20 heavy (non-hydrogen) atoms. The van der Waals surface area contributed by atoms with Crippen LogP contribution in [0, 0.1) is 5.82 Å². The van der Waals surface area contributed by atoms with Gasteiger partial charge in [-0.25, -0.2) is 4.39 Å². The van der Waals surface area contributed by atoms with Gasteiger partial charge in [-0.1, -0.05) is 19.1 Å². The highest BCUT2D eigenvalue weighted by molar-refractivity contribution is 9.10. The molecule has 1 aromatic heterocycles. The first-order chi connectivity index (χ1) is 9.60. The normalized spacial score (nSPS) is 12.4. The van der Waals surface area contributed by atoms with Crippen LogP contribution >= 0.6 is 15.9 Å². The summed E-state index contributed by atoms with van der Waals surface area (Å²) in [4.78, 5) is 0. The number of methoxy groups -OCH3 is 1. The summed E-state index contributed by atoms with van der Waals surface area (Å²) >= 11 is 3.25. The monoisotopic (exact) mass is 341 g/mol. The molecule has 0 spiro atoms. The summed E-state index contributed by atoms with van der Waals surface area (Å²) in [6, 6.07) is 4.31. The van der Waals surface area contributed by atoms with E-state index in [0.29, 0.717) is 15.8 Å². The molecule has 2 rings (SSSR count). The van der Waals surface area contributed by atoms with Crippen molar-refractivity contribution < 1.29 is 9.13 Å². The highest BCUT2D eigenvalue weighted by Crippen LogP contribution is 2.33. The van der Waals surface area contributed by atoms with Gasteiger partial charge in [-0.15, -0.1) is 0 Å². The zero-order valence-electron chi connectivity index (χ0n) is 11.4. The van der Waals surface area contributed by atoms with E-state index in [9.17, 15) is 4.39 Å². The molecule has 1 heterocycles. The van der Waals surface area contributed by atoms with Crippen molar-refractivity contribution in [2.45, 2.75) is 25.9 Å². The molecule has 0 fully saturated rings. The Balaban J connectivity index is 2.49. The molecule has 0 radical (unpaired) electrons. The Hall–Kier alpha value is -1.40. The van der Waals surface area contributed by atoms with E-state index in [1.54, 1.807) is 30.1 Å². The molecule has 1 aromatic carbocycles. The minimum Gasteiger partial charge on any atom is -0.493 e. The zero-order valence-corrected chi connectivity index (χ0v) is 13.0. The molecule has 1 unspecified atom stereocenters. The van der Waals surface area contributed by atoms with Gasteiger partial charge in [0.2, 0.25) is 0 Å². The summed E-state index contributed by atoms with van der Waals surface area (Å²) < 4.78 is 21.1. The Bertz CT molecular complexity index is 600. The van der Waals surface area contributed by atoms with Gasteiger partial charge in [-0.2, -0.15) is 5.10 Å². The molecule has 0 saturated heterocycles. The van der Waals surface area contributed by atoms with Crippen molar-refractivity contribution in [3.63, 3.8) is 0 Å². The second-order valence-electron chi connectivity index (χ2n) is 4.44. The fourth-order valence-corrected chi connectivity index (χ4v) is 2.66. The number of nitrogens with zero attached hydrogens (tertiary/aromatic N) is 2. The van der Waals surface area contributed by atoms with Crippen LogP contribution in [0.3, 0.4) is 0 Å². The molecule has 4 nitrogen and oxygen atoms in total. The molecule has 0 aliphatic heterocycles. The van der Waals surface area contributed by atoms with Crippen molar-refractivity contribution >= 4 is 15.9 Å². The third kappa shape index (κ3) is 2.71. The fraction of sp³-hybridized carbons (Fsp3) is 0.357. The van der Waals surface area contributed by atoms with Crippen LogP contribution in [0.4, 0.5) is 4.39 Å². The van der Waals surface area contributed by atoms with E-state index in [0.717, 1.165) is 18.7 Å². The lowest BCUT2D eigenvalue weighted by Gasteiger charge is -2.17. The van der Waals surface area contributed by atoms with Gasteiger partial charge < -0.3 is 10.5 Å². The molecule has 108 valence electrons. The molecule has 2 N–H and O–H groups in total. The summed E-state index contributed by atoms with van der Waals surface area (Å²) in [7, 11) is 1.57. The van der Waals surface area contributed by atoms with Gasteiger partial charge in [0.1, 0.15) is 11.5 Å². The number of rotatable bonds is 5. The van der Waals surface area contributed by atoms with E-state index in [2.05, 4.69) is 28.0 Å². The van der Waals surface area contributed by atoms with Crippen LogP contribution < -0.4 is 10.5 Å². The van der Waals surface area contributed by atoms with Crippen molar-refractivity contribution in [1.29, 1.82) is 0 Å². The number of ether oxygens (including phenoxy) is 1. The number of benzene rings is 1. The third-order valence-electron chi connectivity index (χ3n) is 3.11. The minimum absolute atomic E-state index is 0.335. The number of nitrogens with two attached hydrogens (primary N) is 1. The largest absolute Gasteiger partial charge is 0.493 e. The van der Waals surface area contributed by atoms with Gasteiger partial charge in [0.15, 0.2) is 5.75 Å². The van der Waals surface area contributed by atoms with Gasteiger partial charge in [-0.3, -0.25) is 4.68 Å². The van der Waals surface area contributed by atoms with Crippen LogP contribution in [0.25, 0.3) is 0 Å². The van der Waals surface area contributed by atoms with Gasteiger partial charge in [-0.05, 0) is 34.0 Å². The minimum atomic E-state index is -0.510. The second-order valence-corrected chi connectivity index (χ2v) is 5.24. The van der Waals surface area contributed by atoms with E-state index in [1.807, 2.05) is 0 Å². The lowest BCUT2D eigenvalue weighted by Crippen LogP contribution is -2.19. The van der Waals surface area contributed by atoms with E-state index >= 15 is 0 Å². The summed E-state index contributed by atoms with van der Waals surface area (Å²) in [5.41, 5.74) is 7.72. The Morgan fingerprint density at radius 3 is 2.90 bits per heavy atom. The van der Waals surface area contributed by atoms with Crippen molar-refractivity contribution in [1.82, 2.24) is 9.78 Å². The Kier molecular flexibility index (Phi) is 4.77. The van der Waals surface area contributed by atoms with Crippen LogP contribution in [0.2, 0.25) is 0 Å². The van der Waals surface area contributed by atoms with Crippen LogP contribution in [0.5, 0.6) is 5.75 Å².